The lowest BCUT2D eigenvalue weighted by molar-refractivity contribution is 0.852. The van der Waals surface area contributed by atoms with Crippen LogP contribution < -0.4 is 16.0 Å². The van der Waals surface area contributed by atoms with E-state index in [9.17, 15) is 0 Å². The molecule has 0 fully saturated rings. The van der Waals surface area contributed by atoms with E-state index < -0.39 is 0 Å². The molecule has 0 bridgehead atoms. The largest absolute Gasteiger partial charge is 0.360 e. The quantitative estimate of drug-likeness (QED) is 0.338. The molecule has 0 spiro atoms. The molecule has 20 heavy (non-hydrogen) atoms. The van der Waals surface area contributed by atoms with Crippen LogP contribution in [0.1, 0.15) is 0 Å². The van der Waals surface area contributed by atoms with Crippen molar-refractivity contribution in [3.63, 3.8) is 0 Å². The zero-order valence-corrected chi connectivity index (χ0v) is 12.1. The van der Waals surface area contributed by atoms with E-state index in [4.69, 9.17) is 6.42 Å². The van der Waals surface area contributed by atoms with Gasteiger partial charge in [-0.25, -0.2) is 4.98 Å². The first-order valence-corrected chi connectivity index (χ1v) is 7.12. The Morgan fingerprint density at radius 1 is 1.35 bits per heavy atom. The second-order valence-corrected chi connectivity index (χ2v) is 5.00. The molecule has 0 saturated carbocycles. The number of terminal acetylenes is 1. The van der Waals surface area contributed by atoms with Crippen LogP contribution >= 0.6 is 11.3 Å². The molecule has 0 saturated heterocycles. The van der Waals surface area contributed by atoms with Crippen molar-refractivity contribution in [2.24, 2.45) is 4.99 Å². The number of anilines is 1. The third-order valence-electron chi connectivity index (χ3n) is 2.57. The number of para-hydroxylation sites is 1. The summed E-state index contributed by atoms with van der Waals surface area (Å²) in [4.78, 5) is 8.57. The summed E-state index contributed by atoms with van der Waals surface area (Å²) < 4.78 is 1.19. The maximum atomic E-state index is 5.18. The summed E-state index contributed by atoms with van der Waals surface area (Å²) in [7, 11) is 1.72. The maximum Gasteiger partial charge on any atom is 0.191 e. The first kappa shape index (κ1) is 14.2. The minimum Gasteiger partial charge on any atom is -0.360 e. The van der Waals surface area contributed by atoms with Crippen LogP contribution in [0.15, 0.2) is 29.3 Å². The third-order valence-corrected chi connectivity index (χ3v) is 3.56. The van der Waals surface area contributed by atoms with Gasteiger partial charge >= 0.3 is 0 Å². The Labute approximate surface area is 122 Å². The molecule has 0 amide bonds. The molecule has 0 unspecified atom stereocenters. The summed E-state index contributed by atoms with van der Waals surface area (Å²) in [5, 5.41) is 10.4. The van der Waals surface area contributed by atoms with Gasteiger partial charge in [0, 0.05) is 20.1 Å². The topological polar surface area (TPSA) is 61.3 Å². The second-order valence-electron chi connectivity index (χ2n) is 3.97. The number of guanidine groups is 1. The molecule has 0 aliphatic carbocycles. The van der Waals surface area contributed by atoms with E-state index in [-0.39, 0.29) is 0 Å². The lowest BCUT2D eigenvalue weighted by Gasteiger charge is -2.09. The molecule has 2 aromatic rings. The van der Waals surface area contributed by atoms with E-state index in [1.165, 1.54) is 4.70 Å². The van der Waals surface area contributed by atoms with Crippen molar-refractivity contribution in [3.8, 4) is 12.3 Å². The summed E-state index contributed by atoms with van der Waals surface area (Å²) in [5.41, 5.74) is 1.03. The van der Waals surface area contributed by atoms with Crippen LogP contribution in [-0.2, 0) is 0 Å². The van der Waals surface area contributed by atoms with E-state index >= 15 is 0 Å². The Kier molecular flexibility index (Phi) is 5.21. The van der Waals surface area contributed by atoms with Crippen molar-refractivity contribution >= 4 is 32.6 Å². The molecule has 0 radical (unpaired) electrons. The molecule has 3 N–H and O–H groups in total. The molecule has 0 aliphatic heterocycles. The Morgan fingerprint density at radius 2 is 2.20 bits per heavy atom. The number of nitrogens with zero attached hydrogens (tertiary/aromatic N) is 2. The number of hydrogen-bond donors (Lipinski definition) is 3. The van der Waals surface area contributed by atoms with Gasteiger partial charge in [-0.3, -0.25) is 4.99 Å². The molecule has 0 atom stereocenters. The molecule has 1 aromatic carbocycles. The standard InChI is InChI=1S/C14H17N5S/c1-3-8-16-13(15-2)17-9-10-18-14-19-11-6-4-5-7-12(11)20-14/h1,4-7H,8-10H2,2H3,(H,18,19)(H2,15,16,17). The van der Waals surface area contributed by atoms with Gasteiger partial charge in [0.1, 0.15) is 0 Å². The van der Waals surface area contributed by atoms with Crippen molar-refractivity contribution in [2.75, 3.05) is 32.0 Å². The molecule has 5 nitrogen and oxygen atoms in total. The lowest BCUT2D eigenvalue weighted by atomic mass is 10.3. The van der Waals surface area contributed by atoms with Crippen LogP contribution in [0.25, 0.3) is 10.2 Å². The number of benzene rings is 1. The van der Waals surface area contributed by atoms with E-state index in [2.05, 4.69) is 37.9 Å². The molecular formula is C14H17N5S. The first-order chi connectivity index (χ1) is 9.83. The summed E-state index contributed by atoms with van der Waals surface area (Å²) in [6.07, 6.45) is 5.18. The summed E-state index contributed by atoms with van der Waals surface area (Å²) in [5.74, 6) is 3.21. The number of thiazole rings is 1. The van der Waals surface area contributed by atoms with E-state index in [1.807, 2.05) is 18.2 Å². The fourth-order valence-electron chi connectivity index (χ4n) is 1.65. The summed E-state index contributed by atoms with van der Waals surface area (Å²) in [6.45, 7) is 1.96. The van der Waals surface area contributed by atoms with Crippen LogP contribution in [0.3, 0.4) is 0 Å². The Hall–Kier alpha value is -2.26. The van der Waals surface area contributed by atoms with E-state index in [1.54, 1.807) is 18.4 Å². The Balaban J connectivity index is 1.77. The number of fused-ring (bicyclic) bond motifs is 1. The zero-order chi connectivity index (χ0) is 14.2. The van der Waals surface area contributed by atoms with Gasteiger partial charge in [-0.15, -0.1) is 6.42 Å². The molecular weight excluding hydrogens is 270 g/mol. The van der Waals surface area contributed by atoms with Crippen molar-refractivity contribution < 1.29 is 0 Å². The van der Waals surface area contributed by atoms with Crippen LogP contribution in [0.2, 0.25) is 0 Å². The Morgan fingerprint density at radius 3 is 2.95 bits per heavy atom. The number of aliphatic imine (C=N–C) groups is 1. The first-order valence-electron chi connectivity index (χ1n) is 6.31. The normalized spacial score (nSPS) is 11.1. The van der Waals surface area contributed by atoms with Crippen LogP contribution in [0.5, 0.6) is 0 Å². The molecule has 2 rings (SSSR count). The third kappa shape index (κ3) is 3.87. The average Bonchev–Trinajstić information content (AvgIpc) is 2.89. The monoisotopic (exact) mass is 287 g/mol. The molecule has 1 heterocycles. The molecule has 6 heteroatoms. The second kappa shape index (κ2) is 7.36. The van der Waals surface area contributed by atoms with Crippen molar-refractivity contribution in [3.05, 3.63) is 24.3 Å². The molecule has 0 aliphatic rings. The average molecular weight is 287 g/mol. The predicted molar refractivity (Wildman–Crippen MR) is 86.3 cm³/mol. The van der Waals surface area contributed by atoms with Crippen molar-refractivity contribution in [1.82, 2.24) is 15.6 Å². The van der Waals surface area contributed by atoms with Gasteiger partial charge in [-0.05, 0) is 12.1 Å². The molecule has 104 valence electrons. The van der Waals surface area contributed by atoms with Gasteiger partial charge in [0.25, 0.3) is 0 Å². The van der Waals surface area contributed by atoms with Gasteiger partial charge < -0.3 is 16.0 Å². The highest BCUT2D eigenvalue weighted by molar-refractivity contribution is 7.22. The smallest absolute Gasteiger partial charge is 0.191 e. The van der Waals surface area contributed by atoms with Gasteiger partial charge in [-0.2, -0.15) is 0 Å². The summed E-state index contributed by atoms with van der Waals surface area (Å²) in [6, 6.07) is 8.10. The van der Waals surface area contributed by atoms with E-state index in [0.29, 0.717) is 12.5 Å². The highest BCUT2D eigenvalue weighted by Gasteiger charge is 2.01. The van der Waals surface area contributed by atoms with Crippen molar-refractivity contribution in [1.29, 1.82) is 0 Å². The minimum absolute atomic E-state index is 0.463. The van der Waals surface area contributed by atoms with Crippen LogP contribution in [0.4, 0.5) is 5.13 Å². The summed E-state index contributed by atoms with van der Waals surface area (Å²) >= 11 is 1.65. The van der Waals surface area contributed by atoms with Gasteiger partial charge in [0.2, 0.25) is 0 Å². The van der Waals surface area contributed by atoms with Gasteiger partial charge in [-0.1, -0.05) is 29.4 Å². The fourth-order valence-corrected chi connectivity index (χ4v) is 2.54. The van der Waals surface area contributed by atoms with Gasteiger partial charge in [0.15, 0.2) is 11.1 Å². The van der Waals surface area contributed by atoms with E-state index in [0.717, 1.165) is 23.7 Å². The number of hydrogen-bond acceptors (Lipinski definition) is 4. The Bertz CT molecular complexity index is 593. The van der Waals surface area contributed by atoms with Crippen molar-refractivity contribution in [2.45, 2.75) is 0 Å². The zero-order valence-electron chi connectivity index (χ0n) is 11.3. The highest BCUT2D eigenvalue weighted by atomic mass is 32.1. The number of nitrogens with one attached hydrogen (secondary N) is 3. The lowest BCUT2D eigenvalue weighted by Crippen LogP contribution is -2.39. The van der Waals surface area contributed by atoms with Gasteiger partial charge in [0.05, 0.1) is 16.8 Å². The van der Waals surface area contributed by atoms with Crippen LogP contribution in [0, 0.1) is 12.3 Å². The number of aromatic nitrogens is 1. The highest BCUT2D eigenvalue weighted by Crippen LogP contribution is 2.24. The predicted octanol–water partition coefficient (Wildman–Crippen LogP) is 1.51. The number of rotatable bonds is 5. The molecule has 1 aromatic heterocycles. The SMILES string of the molecule is C#CCNC(=NC)NCCNc1nc2ccccc2s1. The fraction of sp³-hybridized carbons (Fsp3) is 0.286. The minimum atomic E-state index is 0.463. The van der Waals surface area contributed by atoms with Crippen LogP contribution in [-0.4, -0.2) is 37.6 Å². The maximum absolute atomic E-state index is 5.18.